The first-order valence-corrected chi connectivity index (χ1v) is 6.42. The third kappa shape index (κ3) is 1.92. The van der Waals surface area contributed by atoms with Crippen molar-refractivity contribution in [2.24, 2.45) is 0 Å². The lowest BCUT2D eigenvalue weighted by Crippen LogP contribution is -1.98. The van der Waals surface area contributed by atoms with Crippen LogP contribution in [0.15, 0.2) is 0 Å². The Balaban J connectivity index is 2.49. The minimum absolute atomic E-state index is 0.647. The van der Waals surface area contributed by atoms with Crippen LogP contribution < -0.4 is 0 Å². The van der Waals surface area contributed by atoms with Crippen molar-refractivity contribution in [3.05, 3.63) is 10.5 Å². The van der Waals surface area contributed by atoms with Crippen molar-refractivity contribution >= 4 is 23.8 Å². The van der Waals surface area contributed by atoms with Gasteiger partial charge in [0.05, 0.1) is 5.69 Å². The van der Waals surface area contributed by atoms with Gasteiger partial charge in [0.1, 0.15) is 4.88 Å². The molecule has 0 unspecified atom stereocenters. The Bertz CT molecular complexity index is 524. The lowest BCUT2D eigenvalue weighted by Gasteiger charge is -2.01. The van der Waals surface area contributed by atoms with Gasteiger partial charge in [0, 0.05) is 6.54 Å². The van der Waals surface area contributed by atoms with Gasteiger partial charge in [-0.25, -0.2) is 0 Å². The van der Waals surface area contributed by atoms with Gasteiger partial charge < -0.3 is 0 Å². The molecule has 0 aliphatic rings. The zero-order valence-corrected chi connectivity index (χ0v) is 10.9. The molecule has 0 bridgehead atoms. The summed E-state index contributed by atoms with van der Waals surface area (Å²) in [7, 11) is 0. The van der Waals surface area contributed by atoms with Gasteiger partial charge in [0.25, 0.3) is 0 Å². The molecule has 1 N–H and O–H groups in total. The largest absolute Gasteiger partial charge is 0.300 e. The van der Waals surface area contributed by atoms with Crippen molar-refractivity contribution in [1.29, 1.82) is 0 Å². The summed E-state index contributed by atoms with van der Waals surface area (Å²) >= 11 is 6.54. The Kier molecular flexibility index (Phi) is 3.45. The van der Waals surface area contributed by atoms with E-state index >= 15 is 0 Å². The van der Waals surface area contributed by atoms with Crippen LogP contribution in [0.2, 0.25) is 0 Å². The van der Waals surface area contributed by atoms with Crippen LogP contribution in [-0.2, 0) is 13.0 Å². The van der Waals surface area contributed by atoms with Gasteiger partial charge in [0.15, 0.2) is 10.6 Å². The maximum atomic E-state index is 5.16. The predicted molar refractivity (Wildman–Crippen MR) is 66.0 cm³/mol. The minimum atomic E-state index is 0.647. The Morgan fingerprint density at radius 3 is 2.94 bits per heavy atom. The molecule has 86 valence electrons. The van der Waals surface area contributed by atoms with E-state index in [1.54, 1.807) is 0 Å². The van der Waals surface area contributed by atoms with Gasteiger partial charge in [0.2, 0.25) is 0 Å². The fourth-order valence-corrected chi connectivity index (χ4v) is 2.53. The predicted octanol–water partition coefficient (Wildman–Crippen LogP) is 2.43. The molecule has 7 heteroatoms. The maximum absolute atomic E-state index is 5.16. The van der Waals surface area contributed by atoms with E-state index < -0.39 is 0 Å². The molecule has 0 fully saturated rings. The van der Waals surface area contributed by atoms with Gasteiger partial charge >= 0.3 is 0 Å². The van der Waals surface area contributed by atoms with Gasteiger partial charge in [-0.05, 0) is 37.1 Å². The molecule has 2 heterocycles. The number of hydrogen-bond donors (Lipinski definition) is 1. The molecular formula is C9H13N5S2. The highest BCUT2D eigenvalue weighted by Gasteiger charge is 2.15. The number of rotatable bonds is 4. The number of nitrogens with zero attached hydrogens (tertiary/aromatic N) is 4. The van der Waals surface area contributed by atoms with Crippen LogP contribution >= 0.6 is 23.8 Å². The number of aryl methyl sites for hydroxylation is 1. The average Bonchev–Trinajstić information content (AvgIpc) is 2.85. The van der Waals surface area contributed by atoms with Gasteiger partial charge in [-0.2, -0.15) is 5.10 Å². The Morgan fingerprint density at radius 1 is 1.44 bits per heavy atom. The summed E-state index contributed by atoms with van der Waals surface area (Å²) in [6.07, 6.45) is 1.98. The third-order valence-corrected chi connectivity index (χ3v) is 3.40. The van der Waals surface area contributed by atoms with E-state index in [1.165, 1.54) is 11.5 Å². The van der Waals surface area contributed by atoms with Crippen molar-refractivity contribution in [3.63, 3.8) is 0 Å². The molecule has 0 aliphatic heterocycles. The van der Waals surface area contributed by atoms with E-state index in [2.05, 4.69) is 26.7 Å². The Labute approximate surface area is 103 Å². The Morgan fingerprint density at radius 2 is 2.25 bits per heavy atom. The van der Waals surface area contributed by atoms with E-state index in [0.29, 0.717) is 4.77 Å². The molecule has 0 aromatic carbocycles. The van der Waals surface area contributed by atoms with Crippen molar-refractivity contribution in [2.75, 3.05) is 0 Å². The first-order valence-electron chi connectivity index (χ1n) is 5.24. The molecule has 0 spiro atoms. The number of nitrogens with one attached hydrogen (secondary N) is 1. The highest BCUT2D eigenvalue weighted by molar-refractivity contribution is 7.71. The molecule has 16 heavy (non-hydrogen) atoms. The molecule has 0 radical (unpaired) electrons. The monoisotopic (exact) mass is 255 g/mol. The van der Waals surface area contributed by atoms with Crippen LogP contribution in [0.25, 0.3) is 10.7 Å². The van der Waals surface area contributed by atoms with Crippen LogP contribution in [-0.4, -0.2) is 24.4 Å². The van der Waals surface area contributed by atoms with Gasteiger partial charge in [-0.1, -0.05) is 17.8 Å². The standard InChI is InChI=1S/C9H13N5S2/c1-3-5-6-7(16-13-10-6)8-11-12-9(15)14(8)4-2/h3-5H2,1-2H3,(H,12,15). The summed E-state index contributed by atoms with van der Waals surface area (Å²) < 4.78 is 6.60. The number of aromatic amines is 1. The molecule has 5 nitrogen and oxygen atoms in total. The second-order valence-corrected chi connectivity index (χ2v) is 4.54. The van der Waals surface area contributed by atoms with E-state index in [0.717, 1.165) is 35.8 Å². The minimum Gasteiger partial charge on any atom is -0.300 e. The Hall–Kier alpha value is -1.08. The smallest absolute Gasteiger partial charge is 0.195 e. The second-order valence-electron chi connectivity index (χ2n) is 3.40. The van der Waals surface area contributed by atoms with Gasteiger partial charge in [-0.15, -0.1) is 5.10 Å². The fourth-order valence-electron chi connectivity index (χ4n) is 1.56. The lowest BCUT2D eigenvalue weighted by molar-refractivity contribution is 0.754. The molecule has 2 rings (SSSR count). The van der Waals surface area contributed by atoms with Crippen molar-refractivity contribution in [2.45, 2.75) is 33.2 Å². The number of H-pyrrole nitrogens is 1. The summed E-state index contributed by atoms with van der Waals surface area (Å²) in [5.74, 6) is 0.853. The third-order valence-electron chi connectivity index (χ3n) is 2.32. The number of hydrogen-bond acceptors (Lipinski definition) is 5. The van der Waals surface area contributed by atoms with Crippen molar-refractivity contribution < 1.29 is 0 Å². The second kappa shape index (κ2) is 4.84. The lowest BCUT2D eigenvalue weighted by atomic mass is 10.2. The van der Waals surface area contributed by atoms with E-state index in [4.69, 9.17) is 12.2 Å². The van der Waals surface area contributed by atoms with Crippen LogP contribution in [0.5, 0.6) is 0 Å². The molecule has 0 atom stereocenters. The molecular weight excluding hydrogens is 242 g/mol. The molecule has 0 aliphatic carbocycles. The van der Waals surface area contributed by atoms with Gasteiger partial charge in [-0.3, -0.25) is 9.67 Å². The molecule has 0 amide bonds. The van der Waals surface area contributed by atoms with Crippen molar-refractivity contribution in [1.82, 2.24) is 24.4 Å². The fraction of sp³-hybridized carbons (Fsp3) is 0.556. The SMILES string of the molecule is CCCc1nnsc1-c1n[nH]c(=S)n1CC. The maximum Gasteiger partial charge on any atom is 0.195 e. The first-order chi connectivity index (χ1) is 7.77. The molecule has 2 aromatic heterocycles. The van der Waals surface area contributed by atoms with Crippen molar-refractivity contribution in [3.8, 4) is 10.7 Å². The quantitative estimate of drug-likeness (QED) is 0.852. The summed E-state index contributed by atoms with van der Waals surface area (Å²) in [6.45, 7) is 4.97. The number of aromatic nitrogens is 5. The summed E-state index contributed by atoms with van der Waals surface area (Å²) in [6, 6.07) is 0. The summed E-state index contributed by atoms with van der Waals surface area (Å²) in [5.41, 5.74) is 1.01. The summed E-state index contributed by atoms with van der Waals surface area (Å²) in [5, 5.41) is 11.2. The first kappa shape index (κ1) is 11.4. The molecule has 0 saturated heterocycles. The highest BCUT2D eigenvalue weighted by atomic mass is 32.1. The molecule has 0 saturated carbocycles. The van der Waals surface area contributed by atoms with Crippen LogP contribution in [0, 0.1) is 4.77 Å². The molecule has 2 aromatic rings. The van der Waals surface area contributed by atoms with Crippen LogP contribution in [0.3, 0.4) is 0 Å². The highest BCUT2D eigenvalue weighted by Crippen LogP contribution is 2.25. The van der Waals surface area contributed by atoms with Crippen LogP contribution in [0.4, 0.5) is 0 Å². The summed E-state index contributed by atoms with van der Waals surface area (Å²) in [4.78, 5) is 1.02. The normalized spacial score (nSPS) is 10.9. The zero-order chi connectivity index (χ0) is 11.5. The van der Waals surface area contributed by atoms with E-state index in [1.807, 2.05) is 11.5 Å². The van der Waals surface area contributed by atoms with Crippen LogP contribution in [0.1, 0.15) is 26.0 Å². The van der Waals surface area contributed by atoms with E-state index in [-0.39, 0.29) is 0 Å². The topological polar surface area (TPSA) is 59.4 Å². The zero-order valence-electron chi connectivity index (χ0n) is 9.23. The average molecular weight is 255 g/mol. The van der Waals surface area contributed by atoms with E-state index in [9.17, 15) is 0 Å².